The van der Waals surface area contributed by atoms with Crippen molar-refractivity contribution in [2.24, 2.45) is 0 Å². The van der Waals surface area contributed by atoms with Gasteiger partial charge in [0.15, 0.2) is 0 Å². The van der Waals surface area contributed by atoms with Crippen LogP contribution in [-0.2, 0) is 6.42 Å². The van der Waals surface area contributed by atoms with Crippen LogP contribution in [0.2, 0.25) is 5.02 Å². The molecule has 2 rings (SSSR count). The number of amides is 2. The molecule has 0 aliphatic carbocycles. The topological polar surface area (TPSA) is 35.6 Å². The average Bonchev–Trinajstić information content (AvgIpc) is 2.53. The van der Waals surface area contributed by atoms with Crippen molar-refractivity contribution in [3.05, 3.63) is 34.9 Å². The van der Waals surface area contributed by atoms with Crippen LogP contribution >= 0.6 is 11.6 Å². The first-order chi connectivity index (χ1) is 10.6. The van der Waals surface area contributed by atoms with E-state index in [9.17, 15) is 4.79 Å². The Bertz CT molecular complexity index is 467. The van der Waals surface area contributed by atoms with Crippen LogP contribution in [0.15, 0.2) is 24.3 Å². The van der Waals surface area contributed by atoms with Gasteiger partial charge in [0, 0.05) is 30.7 Å². The van der Waals surface area contributed by atoms with Crippen molar-refractivity contribution in [1.82, 2.24) is 15.1 Å². The summed E-state index contributed by atoms with van der Waals surface area (Å²) in [5.41, 5.74) is 1.26. The quantitative estimate of drug-likeness (QED) is 0.845. The van der Waals surface area contributed by atoms with Crippen LogP contribution in [0.4, 0.5) is 4.79 Å². The van der Waals surface area contributed by atoms with Gasteiger partial charge in [-0.05, 0) is 57.5 Å². The van der Waals surface area contributed by atoms with Crippen LogP contribution in [0.1, 0.15) is 24.8 Å². The third kappa shape index (κ3) is 5.18. The van der Waals surface area contributed by atoms with E-state index in [1.54, 1.807) is 0 Å². The van der Waals surface area contributed by atoms with E-state index in [2.05, 4.69) is 24.3 Å². The number of piperidine rings is 1. The molecule has 1 N–H and O–H groups in total. The van der Waals surface area contributed by atoms with Gasteiger partial charge in [-0.2, -0.15) is 0 Å². The van der Waals surface area contributed by atoms with Crippen LogP contribution < -0.4 is 5.32 Å². The molecule has 1 aromatic rings. The average molecular weight is 324 g/mol. The summed E-state index contributed by atoms with van der Waals surface area (Å²) in [5.74, 6) is 0. The zero-order chi connectivity index (χ0) is 15.9. The van der Waals surface area contributed by atoms with E-state index in [0.717, 1.165) is 50.3 Å². The van der Waals surface area contributed by atoms with Crippen molar-refractivity contribution in [3.8, 4) is 0 Å². The van der Waals surface area contributed by atoms with Gasteiger partial charge in [0.1, 0.15) is 0 Å². The van der Waals surface area contributed by atoms with Crippen molar-refractivity contribution in [2.75, 3.05) is 33.7 Å². The molecule has 122 valence electrons. The molecule has 4 nitrogen and oxygen atoms in total. The molecule has 0 saturated carbocycles. The molecule has 1 aromatic carbocycles. The van der Waals surface area contributed by atoms with Crippen molar-refractivity contribution in [3.63, 3.8) is 0 Å². The van der Waals surface area contributed by atoms with E-state index < -0.39 is 0 Å². The van der Waals surface area contributed by atoms with Gasteiger partial charge in [-0.3, -0.25) is 0 Å². The molecule has 1 aliphatic heterocycles. The predicted octanol–water partition coefficient (Wildman–Crippen LogP) is 3.01. The number of likely N-dealkylation sites (tertiary alicyclic amines) is 1. The first-order valence-electron chi connectivity index (χ1n) is 8.00. The Balaban J connectivity index is 1.63. The molecule has 1 aliphatic rings. The molecule has 5 heteroatoms. The van der Waals surface area contributed by atoms with E-state index in [-0.39, 0.29) is 6.03 Å². The third-order valence-electron chi connectivity index (χ3n) is 4.31. The van der Waals surface area contributed by atoms with Gasteiger partial charge in [0.2, 0.25) is 0 Å². The second-order valence-electron chi connectivity index (χ2n) is 6.14. The highest BCUT2D eigenvalue weighted by molar-refractivity contribution is 6.30. The molecule has 1 heterocycles. The minimum Gasteiger partial charge on any atom is -0.338 e. The summed E-state index contributed by atoms with van der Waals surface area (Å²) in [6, 6.07) is 8.57. The Hall–Kier alpha value is -1.26. The maximum atomic E-state index is 12.1. The number of aryl methyl sites for hydroxylation is 1. The lowest BCUT2D eigenvalue weighted by molar-refractivity contribution is 0.148. The van der Waals surface area contributed by atoms with Crippen molar-refractivity contribution < 1.29 is 4.79 Å². The van der Waals surface area contributed by atoms with Crippen LogP contribution in [0.5, 0.6) is 0 Å². The molecule has 0 spiro atoms. The van der Waals surface area contributed by atoms with E-state index in [1.165, 1.54) is 5.56 Å². The predicted molar refractivity (Wildman–Crippen MR) is 91.5 cm³/mol. The van der Waals surface area contributed by atoms with Crippen molar-refractivity contribution in [2.45, 2.75) is 31.7 Å². The summed E-state index contributed by atoms with van der Waals surface area (Å²) in [5, 5.41) is 3.79. The Morgan fingerprint density at radius 1 is 1.27 bits per heavy atom. The summed E-state index contributed by atoms with van der Waals surface area (Å²) in [4.78, 5) is 16.3. The third-order valence-corrected chi connectivity index (χ3v) is 4.57. The molecule has 0 bridgehead atoms. The number of nitrogens with zero attached hydrogens (tertiary/aromatic N) is 2. The molecule has 0 atom stereocenters. The summed E-state index contributed by atoms with van der Waals surface area (Å²) in [6.45, 7) is 2.42. The number of benzene rings is 1. The molecule has 1 fully saturated rings. The van der Waals surface area contributed by atoms with Gasteiger partial charge in [-0.25, -0.2) is 4.79 Å². The molecule has 2 amide bonds. The highest BCUT2D eigenvalue weighted by atomic mass is 35.5. The van der Waals surface area contributed by atoms with Crippen molar-refractivity contribution >= 4 is 17.6 Å². The van der Waals surface area contributed by atoms with Gasteiger partial charge in [0.25, 0.3) is 0 Å². The highest BCUT2D eigenvalue weighted by Crippen LogP contribution is 2.14. The van der Waals surface area contributed by atoms with Crippen molar-refractivity contribution in [1.29, 1.82) is 0 Å². The Morgan fingerprint density at radius 3 is 2.50 bits per heavy atom. The van der Waals surface area contributed by atoms with E-state index >= 15 is 0 Å². The van der Waals surface area contributed by atoms with Gasteiger partial charge >= 0.3 is 6.03 Å². The second-order valence-corrected chi connectivity index (χ2v) is 6.58. The van der Waals surface area contributed by atoms with Gasteiger partial charge in [0.05, 0.1) is 0 Å². The zero-order valence-electron chi connectivity index (χ0n) is 13.5. The number of halogens is 1. The SMILES string of the molecule is CN(C)C1CCN(C(=O)NCCCc2ccc(Cl)cc2)CC1. The Labute approximate surface area is 138 Å². The lowest BCUT2D eigenvalue weighted by Gasteiger charge is -2.35. The maximum Gasteiger partial charge on any atom is 0.317 e. The number of carbonyl (C=O) groups excluding carboxylic acids is 1. The molecule has 0 aromatic heterocycles. The molecular formula is C17H26ClN3O. The van der Waals surface area contributed by atoms with Crippen LogP contribution in [-0.4, -0.2) is 55.6 Å². The fourth-order valence-corrected chi connectivity index (χ4v) is 2.96. The van der Waals surface area contributed by atoms with Crippen LogP contribution in [0.25, 0.3) is 0 Å². The lowest BCUT2D eigenvalue weighted by Crippen LogP contribution is -2.48. The van der Waals surface area contributed by atoms with Gasteiger partial charge in [-0.1, -0.05) is 23.7 Å². The minimum atomic E-state index is 0.0771. The molecule has 22 heavy (non-hydrogen) atoms. The number of urea groups is 1. The fraction of sp³-hybridized carbons (Fsp3) is 0.588. The molecule has 1 saturated heterocycles. The number of hydrogen-bond acceptors (Lipinski definition) is 2. The Morgan fingerprint density at radius 2 is 1.91 bits per heavy atom. The number of carbonyl (C=O) groups is 1. The molecule has 0 radical (unpaired) electrons. The van der Waals surface area contributed by atoms with E-state index in [1.807, 2.05) is 29.2 Å². The summed E-state index contributed by atoms with van der Waals surface area (Å²) in [6.07, 6.45) is 4.03. The number of nitrogens with one attached hydrogen (secondary N) is 1. The first kappa shape index (κ1) is 17.1. The Kier molecular flexibility index (Phi) is 6.52. The molecule has 0 unspecified atom stereocenters. The van der Waals surface area contributed by atoms with Gasteiger partial charge in [-0.15, -0.1) is 0 Å². The first-order valence-corrected chi connectivity index (χ1v) is 8.37. The number of rotatable bonds is 5. The maximum absolute atomic E-state index is 12.1. The largest absolute Gasteiger partial charge is 0.338 e. The van der Waals surface area contributed by atoms with Crippen LogP contribution in [0, 0.1) is 0 Å². The number of hydrogen-bond donors (Lipinski definition) is 1. The van der Waals surface area contributed by atoms with Crippen LogP contribution in [0.3, 0.4) is 0 Å². The van der Waals surface area contributed by atoms with E-state index in [4.69, 9.17) is 11.6 Å². The standard InChI is InChI=1S/C17H26ClN3O/c1-20(2)16-9-12-21(13-10-16)17(22)19-11-3-4-14-5-7-15(18)8-6-14/h5-8,16H,3-4,9-13H2,1-2H3,(H,19,22). The summed E-state index contributed by atoms with van der Waals surface area (Å²) in [7, 11) is 4.22. The van der Waals surface area contributed by atoms with Gasteiger partial charge < -0.3 is 15.1 Å². The monoisotopic (exact) mass is 323 g/mol. The highest BCUT2D eigenvalue weighted by Gasteiger charge is 2.23. The summed E-state index contributed by atoms with van der Waals surface area (Å²) >= 11 is 5.86. The summed E-state index contributed by atoms with van der Waals surface area (Å²) < 4.78 is 0. The van der Waals surface area contributed by atoms with E-state index in [0.29, 0.717) is 6.04 Å². The normalized spacial score (nSPS) is 16.1. The minimum absolute atomic E-state index is 0.0771. The lowest BCUT2D eigenvalue weighted by atomic mass is 10.0. The molecular weight excluding hydrogens is 298 g/mol. The fourth-order valence-electron chi connectivity index (χ4n) is 2.84. The smallest absolute Gasteiger partial charge is 0.317 e. The second kappa shape index (κ2) is 8.39. The zero-order valence-corrected chi connectivity index (χ0v) is 14.3.